The minimum atomic E-state index is -0.0847. The molecule has 172 valence electrons. The molecule has 0 bridgehead atoms. The lowest BCUT2D eigenvalue weighted by Gasteiger charge is -2.35. The van der Waals surface area contributed by atoms with Gasteiger partial charge in [-0.15, -0.1) is 0 Å². The summed E-state index contributed by atoms with van der Waals surface area (Å²) >= 11 is 0. The van der Waals surface area contributed by atoms with Gasteiger partial charge in [0.15, 0.2) is 5.76 Å². The van der Waals surface area contributed by atoms with Gasteiger partial charge in [-0.05, 0) is 44.0 Å². The summed E-state index contributed by atoms with van der Waals surface area (Å²) in [5.74, 6) is 1.40. The molecule has 0 aliphatic carbocycles. The molecule has 2 aromatic heterocycles. The van der Waals surface area contributed by atoms with Gasteiger partial charge < -0.3 is 19.0 Å². The Bertz CT molecular complexity index is 1120. The van der Waals surface area contributed by atoms with Gasteiger partial charge >= 0.3 is 0 Å². The van der Waals surface area contributed by atoms with Gasteiger partial charge in [0, 0.05) is 38.3 Å². The number of ether oxygens (including phenoxy) is 1. The molecule has 2 fully saturated rings. The first-order valence-electron chi connectivity index (χ1n) is 11.5. The molecule has 2 saturated heterocycles. The number of para-hydroxylation sites is 1. The van der Waals surface area contributed by atoms with Crippen LogP contribution in [0.25, 0.3) is 17.1 Å². The number of hydrogen-bond acceptors (Lipinski definition) is 5. The topological polar surface area (TPSA) is 80.8 Å². The average molecular weight is 449 g/mol. The first-order valence-corrected chi connectivity index (χ1v) is 11.5. The largest absolute Gasteiger partial charge is 0.460 e. The SMILES string of the molecule is Cc1ccc(-c2nn(-c3ccccc3)cc2C(=O)N2CCC(C(=O)N3CCOCC3)CC2)o1. The molecule has 3 aromatic rings. The number of benzene rings is 1. The lowest BCUT2D eigenvalue weighted by Crippen LogP contribution is -2.47. The molecule has 4 heterocycles. The van der Waals surface area contributed by atoms with Crippen molar-refractivity contribution in [1.82, 2.24) is 19.6 Å². The Morgan fingerprint density at radius 3 is 2.33 bits per heavy atom. The molecule has 1 aromatic carbocycles. The van der Waals surface area contributed by atoms with E-state index in [1.807, 2.05) is 59.2 Å². The number of likely N-dealkylation sites (tertiary alicyclic amines) is 1. The number of morpholine rings is 1. The predicted molar refractivity (Wildman–Crippen MR) is 122 cm³/mol. The van der Waals surface area contributed by atoms with Crippen LogP contribution in [0.2, 0.25) is 0 Å². The van der Waals surface area contributed by atoms with E-state index in [1.165, 1.54) is 0 Å². The van der Waals surface area contributed by atoms with E-state index in [0.29, 0.717) is 69.3 Å². The molecule has 0 saturated carbocycles. The first-order chi connectivity index (χ1) is 16.1. The number of carbonyl (C=O) groups is 2. The summed E-state index contributed by atoms with van der Waals surface area (Å²) in [4.78, 5) is 30.1. The molecule has 2 amide bonds. The molecule has 2 aliphatic heterocycles. The minimum absolute atomic E-state index is 0.0358. The van der Waals surface area contributed by atoms with Crippen LogP contribution in [0.15, 0.2) is 53.1 Å². The molecule has 8 nitrogen and oxygen atoms in total. The molecule has 0 unspecified atom stereocenters. The Hall–Kier alpha value is -3.39. The average Bonchev–Trinajstić information content (AvgIpc) is 3.51. The molecule has 0 spiro atoms. The molecule has 0 N–H and O–H groups in total. The number of nitrogens with zero attached hydrogens (tertiary/aromatic N) is 4. The zero-order valence-electron chi connectivity index (χ0n) is 18.8. The van der Waals surface area contributed by atoms with Gasteiger partial charge in [-0.25, -0.2) is 4.68 Å². The molecule has 0 atom stereocenters. The number of rotatable bonds is 4. The highest BCUT2D eigenvalue weighted by molar-refractivity contribution is 5.99. The van der Waals surface area contributed by atoms with Gasteiger partial charge in [0.1, 0.15) is 11.5 Å². The first kappa shape index (κ1) is 21.5. The van der Waals surface area contributed by atoms with Crippen molar-refractivity contribution in [3.8, 4) is 17.1 Å². The van der Waals surface area contributed by atoms with E-state index in [-0.39, 0.29) is 17.7 Å². The zero-order valence-corrected chi connectivity index (χ0v) is 18.8. The predicted octanol–water partition coefficient (Wildman–Crippen LogP) is 3.15. The van der Waals surface area contributed by atoms with Crippen molar-refractivity contribution in [2.45, 2.75) is 19.8 Å². The summed E-state index contributed by atoms with van der Waals surface area (Å²) in [5, 5.41) is 4.69. The van der Waals surface area contributed by atoms with Crippen LogP contribution in [0.1, 0.15) is 29.0 Å². The Morgan fingerprint density at radius 1 is 0.939 bits per heavy atom. The second kappa shape index (κ2) is 9.23. The third kappa shape index (κ3) is 4.43. The maximum Gasteiger partial charge on any atom is 0.257 e. The van der Waals surface area contributed by atoms with Crippen LogP contribution in [0.5, 0.6) is 0 Å². The van der Waals surface area contributed by atoms with E-state index in [4.69, 9.17) is 9.15 Å². The molecule has 8 heteroatoms. The summed E-state index contributed by atoms with van der Waals surface area (Å²) in [6.07, 6.45) is 3.11. The van der Waals surface area contributed by atoms with Crippen LogP contribution in [-0.2, 0) is 9.53 Å². The van der Waals surface area contributed by atoms with Gasteiger partial charge in [0.25, 0.3) is 5.91 Å². The number of piperidine rings is 1. The van der Waals surface area contributed by atoms with E-state index in [0.717, 1.165) is 11.4 Å². The van der Waals surface area contributed by atoms with Crippen molar-refractivity contribution in [3.63, 3.8) is 0 Å². The van der Waals surface area contributed by atoms with Crippen molar-refractivity contribution in [3.05, 3.63) is 60.0 Å². The van der Waals surface area contributed by atoms with Gasteiger partial charge in [-0.3, -0.25) is 9.59 Å². The van der Waals surface area contributed by atoms with Gasteiger partial charge in [0.2, 0.25) is 5.91 Å². The monoisotopic (exact) mass is 448 g/mol. The Morgan fingerprint density at radius 2 is 1.67 bits per heavy atom. The maximum absolute atomic E-state index is 13.5. The van der Waals surface area contributed by atoms with Crippen LogP contribution >= 0.6 is 0 Å². The summed E-state index contributed by atoms with van der Waals surface area (Å²) < 4.78 is 12.9. The summed E-state index contributed by atoms with van der Waals surface area (Å²) in [6.45, 7) is 5.48. The van der Waals surface area contributed by atoms with Crippen molar-refractivity contribution in [2.24, 2.45) is 5.92 Å². The molecule has 2 aliphatic rings. The Kier molecular flexibility index (Phi) is 6.00. The Balaban J connectivity index is 1.35. The van der Waals surface area contributed by atoms with Crippen molar-refractivity contribution in [1.29, 1.82) is 0 Å². The van der Waals surface area contributed by atoms with E-state index < -0.39 is 0 Å². The molecular formula is C25H28N4O4. The van der Waals surface area contributed by atoms with E-state index in [2.05, 4.69) is 5.10 Å². The van der Waals surface area contributed by atoms with Crippen LogP contribution < -0.4 is 0 Å². The van der Waals surface area contributed by atoms with Gasteiger partial charge in [-0.2, -0.15) is 5.10 Å². The second-order valence-electron chi connectivity index (χ2n) is 8.59. The lowest BCUT2D eigenvalue weighted by molar-refractivity contribution is -0.141. The normalized spacial score (nSPS) is 17.4. The van der Waals surface area contributed by atoms with Crippen molar-refractivity contribution < 1.29 is 18.7 Å². The van der Waals surface area contributed by atoms with Crippen LogP contribution in [-0.4, -0.2) is 70.8 Å². The highest BCUT2D eigenvalue weighted by Gasteiger charge is 2.33. The third-order valence-corrected chi connectivity index (χ3v) is 6.39. The van der Waals surface area contributed by atoms with Gasteiger partial charge in [-0.1, -0.05) is 18.2 Å². The van der Waals surface area contributed by atoms with Gasteiger partial charge in [0.05, 0.1) is 24.5 Å². The number of hydrogen-bond donors (Lipinski definition) is 0. The van der Waals surface area contributed by atoms with E-state index in [1.54, 1.807) is 10.9 Å². The highest BCUT2D eigenvalue weighted by atomic mass is 16.5. The number of furan rings is 1. The van der Waals surface area contributed by atoms with E-state index >= 15 is 0 Å². The Labute approximate surface area is 192 Å². The van der Waals surface area contributed by atoms with Crippen LogP contribution in [0, 0.1) is 12.8 Å². The van der Waals surface area contributed by atoms with Crippen molar-refractivity contribution in [2.75, 3.05) is 39.4 Å². The molecule has 33 heavy (non-hydrogen) atoms. The second-order valence-corrected chi connectivity index (χ2v) is 8.59. The van der Waals surface area contributed by atoms with E-state index in [9.17, 15) is 9.59 Å². The number of aromatic nitrogens is 2. The lowest BCUT2D eigenvalue weighted by atomic mass is 9.94. The quantitative estimate of drug-likeness (QED) is 0.613. The summed E-state index contributed by atoms with van der Waals surface area (Å²) in [6, 6.07) is 13.4. The summed E-state index contributed by atoms with van der Waals surface area (Å²) in [5.41, 5.74) is 1.91. The molecule has 0 radical (unpaired) electrons. The third-order valence-electron chi connectivity index (χ3n) is 6.39. The minimum Gasteiger partial charge on any atom is -0.460 e. The number of carbonyl (C=O) groups excluding carboxylic acids is 2. The molecule has 5 rings (SSSR count). The fourth-order valence-corrected chi connectivity index (χ4v) is 4.53. The fraction of sp³-hybridized carbons (Fsp3) is 0.400. The molecular weight excluding hydrogens is 420 g/mol. The number of aryl methyl sites for hydroxylation is 1. The number of amides is 2. The smallest absolute Gasteiger partial charge is 0.257 e. The van der Waals surface area contributed by atoms with Crippen molar-refractivity contribution >= 4 is 11.8 Å². The fourth-order valence-electron chi connectivity index (χ4n) is 4.53. The zero-order chi connectivity index (χ0) is 22.8. The maximum atomic E-state index is 13.5. The van der Waals surface area contributed by atoms with Crippen LogP contribution in [0.3, 0.4) is 0 Å². The highest BCUT2D eigenvalue weighted by Crippen LogP contribution is 2.28. The summed E-state index contributed by atoms with van der Waals surface area (Å²) in [7, 11) is 0. The standard InChI is InChI=1S/C25H28N4O4/c1-18-7-8-22(33-18)23-21(17-29(26-23)20-5-3-2-4-6-20)25(31)27-11-9-19(10-12-27)24(30)28-13-15-32-16-14-28/h2-8,17,19H,9-16H2,1H3. The van der Waals surface area contributed by atoms with Crippen LogP contribution in [0.4, 0.5) is 0 Å².